The van der Waals surface area contributed by atoms with Gasteiger partial charge in [0.25, 0.3) is 15.6 Å². The molecule has 2 atom stereocenters. The van der Waals surface area contributed by atoms with Crippen LogP contribution in [0.1, 0.15) is 0 Å². The predicted molar refractivity (Wildman–Crippen MR) is 38.1 cm³/mol. The average Bonchev–Trinajstić information content (AvgIpc) is 1.65. The van der Waals surface area contributed by atoms with Crippen LogP contribution in [0.3, 0.4) is 0 Å². The van der Waals surface area contributed by atoms with Crippen molar-refractivity contribution in [1.29, 1.82) is 0 Å². The summed E-state index contributed by atoms with van der Waals surface area (Å²) in [4.78, 5) is 56.6. The molecule has 0 saturated heterocycles. The second-order valence-corrected chi connectivity index (χ2v) is 7.70. The van der Waals surface area contributed by atoms with E-state index < -0.39 is 31.3 Å². The van der Waals surface area contributed by atoms with Crippen LogP contribution < -0.4 is 38.4 Å². The normalized spacial score (nSPS) is 18.4. The van der Waals surface area contributed by atoms with E-state index in [0.29, 0.717) is 0 Å². The molecular weight excluding hydrogens is 483 g/mol. The minimum Gasteiger partial charge on any atom is -0.790 e. The number of rotatable bonds is 6. The van der Waals surface area contributed by atoms with Crippen LogP contribution in [0, 0.1) is 40.8 Å². The molecule has 2 unspecified atom stereocenters. The van der Waals surface area contributed by atoms with Crippen molar-refractivity contribution in [3.63, 3.8) is 0 Å². The Balaban J connectivity index is -0.00000128. The first-order valence-corrected chi connectivity index (χ1v) is 8.87. The standard InChI is InChI=1S/Li.Nd.H6O13P4/c;;1-14(2,3)11-16(7,8)13-17(9,10)12-15(4,5)6/h;;(H,7,8)(H,9,10)(H2,1,2,3)(H2,4,5,6)/q+1;+3;/p-4. The largest absolute Gasteiger partial charge is 3.00 e. The van der Waals surface area contributed by atoms with Gasteiger partial charge in [0.2, 0.25) is 0 Å². The first-order valence-electron chi connectivity index (χ1n) is 2.96. The molecule has 0 rings (SSSR count). The minimum atomic E-state index is -6.20. The van der Waals surface area contributed by atoms with E-state index in [1.54, 1.807) is 0 Å². The molecule has 0 aliphatic rings. The summed E-state index contributed by atoms with van der Waals surface area (Å²) in [6.07, 6.45) is 0. The van der Waals surface area contributed by atoms with Gasteiger partial charge in [-0.3, -0.25) is 13.4 Å². The van der Waals surface area contributed by atoms with Gasteiger partial charge in [-0.1, -0.05) is 0 Å². The van der Waals surface area contributed by atoms with E-state index in [9.17, 15) is 37.8 Å². The monoisotopic (exact) mass is 483 g/mol. The molecule has 19 heteroatoms. The third-order valence-corrected chi connectivity index (χ3v) is 5.46. The quantitative estimate of drug-likeness (QED) is 0.264. The summed E-state index contributed by atoms with van der Waals surface area (Å²) in [7, 11) is -24.1. The van der Waals surface area contributed by atoms with Gasteiger partial charge in [-0.25, -0.2) is 13.2 Å². The van der Waals surface area contributed by atoms with Crippen LogP contribution >= 0.6 is 31.3 Å². The van der Waals surface area contributed by atoms with Gasteiger partial charge >= 0.3 is 67.5 Å². The summed E-state index contributed by atoms with van der Waals surface area (Å²) in [6.45, 7) is 0. The van der Waals surface area contributed by atoms with E-state index in [1.807, 2.05) is 0 Å². The molecule has 1 radical (unpaired) electrons. The van der Waals surface area contributed by atoms with E-state index in [2.05, 4.69) is 12.9 Å². The molecule has 0 aliphatic heterocycles. The van der Waals surface area contributed by atoms with E-state index >= 15 is 0 Å². The molecule has 0 spiro atoms. The van der Waals surface area contributed by atoms with Gasteiger partial charge in [0.05, 0.1) is 7.82 Å². The van der Waals surface area contributed by atoms with Crippen molar-refractivity contribution in [1.82, 2.24) is 0 Å². The molecule has 0 bridgehead atoms. The van der Waals surface area contributed by atoms with Crippen LogP contribution in [0.25, 0.3) is 0 Å². The Morgan fingerprint density at radius 1 is 0.737 bits per heavy atom. The van der Waals surface area contributed by atoms with Crippen molar-refractivity contribution in [2.24, 2.45) is 0 Å². The van der Waals surface area contributed by atoms with Crippen molar-refractivity contribution in [3.8, 4) is 0 Å². The smallest absolute Gasteiger partial charge is 0.790 e. The van der Waals surface area contributed by atoms with Crippen LogP contribution in [0.4, 0.5) is 0 Å². The van der Waals surface area contributed by atoms with Crippen molar-refractivity contribution < 1.29 is 120 Å². The first-order chi connectivity index (χ1) is 7.12. The zero-order chi connectivity index (χ0) is 14.1. The van der Waals surface area contributed by atoms with E-state index in [4.69, 9.17) is 9.79 Å². The maximum absolute atomic E-state index is 10.5. The molecule has 0 heterocycles. The SMILES string of the molecule is O=P([O-])([O-])OP(=O)([O-])OP(=O)([O-])OP(=O)(O)O.[Li+].[Nd+3]. The molecular formula is H2LiNdO13P4. The Labute approximate surface area is 150 Å². The molecule has 0 saturated carbocycles. The number of hydrogen-bond donors (Lipinski definition) is 2. The topological polar surface area (TPSA) is 229 Å². The van der Waals surface area contributed by atoms with E-state index in [-0.39, 0.29) is 59.7 Å². The zero-order valence-corrected chi connectivity index (χ0v) is 15.5. The van der Waals surface area contributed by atoms with Gasteiger partial charge in [0.15, 0.2) is 0 Å². The molecule has 0 aliphatic carbocycles. The van der Waals surface area contributed by atoms with Crippen molar-refractivity contribution in [3.05, 3.63) is 0 Å². The maximum atomic E-state index is 10.5. The second-order valence-electron chi connectivity index (χ2n) is 2.08. The predicted octanol–water partition coefficient (Wildman–Crippen LogP) is -6.10. The molecule has 0 fully saturated rings. The van der Waals surface area contributed by atoms with Crippen LogP contribution in [-0.2, 0) is 31.2 Å². The summed E-state index contributed by atoms with van der Waals surface area (Å²) in [5.41, 5.74) is 0. The Morgan fingerprint density at radius 2 is 1.05 bits per heavy atom. The fraction of sp³-hybridized carbons (Fsp3) is 0. The third kappa shape index (κ3) is 16.7. The van der Waals surface area contributed by atoms with Crippen LogP contribution in [0.2, 0.25) is 0 Å². The van der Waals surface area contributed by atoms with Gasteiger partial charge in [0.1, 0.15) is 0 Å². The Morgan fingerprint density at radius 3 is 1.32 bits per heavy atom. The molecule has 105 valence electrons. The van der Waals surface area contributed by atoms with Gasteiger partial charge in [0, 0.05) is 0 Å². The van der Waals surface area contributed by atoms with E-state index in [1.165, 1.54) is 0 Å². The van der Waals surface area contributed by atoms with Crippen molar-refractivity contribution >= 4 is 31.3 Å². The molecule has 0 aromatic rings. The van der Waals surface area contributed by atoms with Gasteiger partial charge < -0.3 is 33.9 Å². The van der Waals surface area contributed by atoms with E-state index in [0.717, 1.165) is 0 Å². The van der Waals surface area contributed by atoms with Gasteiger partial charge in [-0.15, -0.1) is 0 Å². The molecule has 19 heavy (non-hydrogen) atoms. The fourth-order valence-electron chi connectivity index (χ4n) is 0.405. The minimum absolute atomic E-state index is 0. The summed E-state index contributed by atoms with van der Waals surface area (Å²) < 4.78 is 49.2. The second kappa shape index (κ2) is 8.96. The van der Waals surface area contributed by atoms with Crippen LogP contribution in [0.5, 0.6) is 0 Å². The van der Waals surface area contributed by atoms with Crippen molar-refractivity contribution in [2.45, 2.75) is 0 Å². The number of phosphoric acid groups is 4. The molecule has 0 amide bonds. The number of hydrogen-bond acceptors (Lipinski definition) is 11. The molecule has 13 nitrogen and oxygen atoms in total. The van der Waals surface area contributed by atoms with Crippen LogP contribution in [0.15, 0.2) is 0 Å². The fourth-order valence-corrected chi connectivity index (χ4v) is 4.18. The first kappa shape index (κ1) is 26.4. The summed E-state index contributed by atoms with van der Waals surface area (Å²) in [5, 5.41) is 0. The third-order valence-electron chi connectivity index (χ3n) is 0.606. The molecule has 0 aromatic carbocycles. The summed E-state index contributed by atoms with van der Waals surface area (Å²) in [6, 6.07) is 0. The summed E-state index contributed by atoms with van der Waals surface area (Å²) in [5.74, 6) is 0. The Kier molecular flexibility index (Phi) is 12.5. The van der Waals surface area contributed by atoms with Crippen molar-refractivity contribution in [2.75, 3.05) is 0 Å². The summed E-state index contributed by atoms with van der Waals surface area (Å²) >= 11 is 0. The molecule has 0 aromatic heterocycles. The molecule has 2 N–H and O–H groups in total. The zero-order valence-electron chi connectivity index (χ0n) is 8.67. The van der Waals surface area contributed by atoms with Gasteiger partial charge in [-0.05, 0) is 0 Å². The Hall–Kier alpha value is 2.51. The van der Waals surface area contributed by atoms with Gasteiger partial charge in [-0.2, -0.15) is 0 Å². The van der Waals surface area contributed by atoms with Crippen LogP contribution in [-0.4, -0.2) is 9.79 Å². The Bertz CT molecular complexity index is 413. The average molecular weight is 485 g/mol. The maximum Gasteiger partial charge on any atom is 3.00 e.